The lowest BCUT2D eigenvalue weighted by Crippen LogP contribution is -2.50. The van der Waals surface area contributed by atoms with E-state index in [1.807, 2.05) is 61.5 Å². The third-order valence-corrected chi connectivity index (χ3v) is 8.85. The second-order valence-electron chi connectivity index (χ2n) is 10.3. The van der Waals surface area contributed by atoms with Crippen LogP contribution in [0, 0.1) is 6.92 Å². The molecule has 0 radical (unpaired) electrons. The van der Waals surface area contributed by atoms with Crippen LogP contribution in [0.1, 0.15) is 30.0 Å². The predicted molar refractivity (Wildman–Crippen MR) is 155 cm³/mol. The quantitative estimate of drug-likeness (QED) is 0.413. The Bertz CT molecular complexity index is 1490. The maximum atomic E-state index is 13.6. The summed E-state index contributed by atoms with van der Waals surface area (Å²) in [5.41, 5.74) is 3.13. The van der Waals surface area contributed by atoms with Crippen LogP contribution in [0.3, 0.4) is 0 Å². The van der Waals surface area contributed by atoms with Crippen LogP contribution in [0.25, 0.3) is 0 Å². The highest BCUT2D eigenvalue weighted by Gasteiger charge is 2.47. The lowest BCUT2D eigenvalue weighted by molar-refractivity contribution is -0.131. The number of urea groups is 1. The van der Waals surface area contributed by atoms with Gasteiger partial charge in [0.1, 0.15) is 21.8 Å². The van der Waals surface area contributed by atoms with Crippen LogP contribution in [0.2, 0.25) is 0 Å². The number of nitrogens with one attached hydrogen (secondary N) is 2. The normalized spacial score (nSPS) is 20.9. The molecule has 3 aromatic rings. The first-order valence-electron chi connectivity index (χ1n) is 13.6. The summed E-state index contributed by atoms with van der Waals surface area (Å²) in [6, 6.07) is 16.0. The van der Waals surface area contributed by atoms with E-state index in [4.69, 9.17) is 9.47 Å². The number of nitrogens with zero attached hydrogens (tertiary/aromatic N) is 3. The van der Waals surface area contributed by atoms with E-state index in [-0.39, 0.29) is 23.9 Å². The average molecular weight is 574 g/mol. The molecule has 0 saturated carbocycles. The number of aryl methyl sites for hydroxylation is 1. The number of ether oxygens (including phenoxy) is 2. The molecule has 3 atom stereocenters. The molecular weight excluding hydrogens is 542 g/mol. The van der Waals surface area contributed by atoms with Crippen molar-refractivity contribution in [2.45, 2.75) is 42.1 Å². The molecule has 3 aliphatic rings. The summed E-state index contributed by atoms with van der Waals surface area (Å²) in [4.78, 5) is 47.3. The second kappa shape index (κ2) is 11.4. The minimum absolute atomic E-state index is 0.0228. The fourth-order valence-electron chi connectivity index (χ4n) is 5.57. The lowest BCUT2D eigenvalue weighted by Gasteiger charge is -2.35. The molecule has 2 N–H and O–H groups in total. The number of benzene rings is 2. The topological polar surface area (TPSA) is 113 Å². The van der Waals surface area contributed by atoms with Crippen LogP contribution in [0.5, 0.6) is 11.5 Å². The molecule has 3 aliphatic heterocycles. The maximum Gasteiger partial charge on any atom is 0.327 e. The van der Waals surface area contributed by atoms with Crippen LogP contribution >= 0.6 is 11.8 Å². The number of methoxy groups -OCH3 is 1. The minimum atomic E-state index is -0.564. The molecule has 1 saturated heterocycles. The van der Waals surface area contributed by atoms with E-state index in [1.54, 1.807) is 23.1 Å². The SMILES string of the molecule is COCCC(=O)N1CCC(NC(=O)[C@@H]2Sc3nccc4c3C2NC(=O)N4c2ccc(Oc3ccccc3)cc2C)C1. The summed E-state index contributed by atoms with van der Waals surface area (Å²) in [7, 11) is 1.57. The number of pyridine rings is 1. The summed E-state index contributed by atoms with van der Waals surface area (Å²) < 4.78 is 11.0. The number of likely N-dealkylation sites (tertiary alicyclic amines) is 1. The van der Waals surface area contributed by atoms with E-state index in [0.717, 1.165) is 27.6 Å². The minimum Gasteiger partial charge on any atom is -0.457 e. The molecule has 41 heavy (non-hydrogen) atoms. The number of para-hydroxylation sites is 1. The number of aromatic nitrogens is 1. The third kappa shape index (κ3) is 5.34. The van der Waals surface area contributed by atoms with E-state index >= 15 is 0 Å². The van der Waals surface area contributed by atoms with Gasteiger partial charge in [0.2, 0.25) is 11.8 Å². The highest BCUT2D eigenvalue weighted by atomic mass is 32.2. The first-order valence-corrected chi connectivity index (χ1v) is 14.5. The van der Waals surface area contributed by atoms with Crippen LogP contribution in [-0.2, 0) is 14.3 Å². The summed E-state index contributed by atoms with van der Waals surface area (Å²) in [5.74, 6) is 1.25. The van der Waals surface area contributed by atoms with Gasteiger partial charge in [-0.25, -0.2) is 9.78 Å². The monoisotopic (exact) mass is 573 g/mol. The largest absolute Gasteiger partial charge is 0.457 e. The van der Waals surface area contributed by atoms with Gasteiger partial charge in [-0.1, -0.05) is 30.0 Å². The Morgan fingerprint density at radius 3 is 2.73 bits per heavy atom. The average Bonchev–Trinajstić information content (AvgIpc) is 3.59. The third-order valence-electron chi connectivity index (χ3n) is 7.56. The van der Waals surface area contributed by atoms with Gasteiger partial charge in [0.15, 0.2) is 0 Å². The molecule has 2 aromatic carbocycles. The Kier molecular flexibility index (Phi) is 7.55. The fourth-order valence-corrected chi connectivity index (χ4v) is 6.80. The van der Waals surface area contributed by atoms with E-state index in [2.05, 4.69) is 15.6 Å². The Morgan fingerprint density at radius 2 is 1.95 bits per heavy atom. The molecule has 2 unspecified atom stereocenters. The van der Waals surface area contributed by atoms with Gasteiger partial charge < -0.3 is 25.0 Å². The first-order chi connectivity index (χ1) is 19.9. The van der Waals surface area contributed by atoms with Gasteiger partial charge in [0.05, 0.1) is 30.4 Å². The Labute approximate surface area is 242 Å². The Balaban J connectivity index is 1.18. The Hall–Kier alpha value is -4.09. The number of anilines is 2. The van der Waals surface area contributed by atoms with Gasteiger partial charge in [0, 0.05) is 38.0 Å². The zero-order valence-corrected chi connectivity index (χ0v) is 23.6. The van der Waals surface area contributed by atoms with Crippen molar-refractivity contribution in [3.8, 4) is 11.5 Å². The van der Waals surface area contributed by atoms with Gasteiger partial charge in [0.25, 0.3) is 0 Å². The smallest absolute Gasteiger partial charge is 0.327 e. The fraction of sp³-hybridized carbons (Fsp3) is 0.333. The zero-order valence-electron chi connectivity index (χ0n) is 22.8. The van der Waals surface area contributed by atoms with E-state index in [0.29, 0.717) is 44.0 Å². The van der Waals surface area contributed by atoms with Crippen molar-refractivity contribution in [1.29, 1.82) is 0 Å². The molecule has 11 heteroatoms. The molecule has 0 bridgehead atoms. The van der Waals surface area contributed by atoms with Gasteiger partial charge in [-0.15, -0.1) is 0 Å². The summed E-state index contributed by atoms with van der Waals surface area (Å²) in [6.45, 7) is 3.38. The molecule has 212 valence electrons. The van der Waals surface area contributed by atoms with Crippen LogP contribution < -0.4 is 20.3 Å². The summed E-state index contributed by atoms with van der Waals surface area (Å²) in [6.07, 6.45) is 2.69. The van der Waals surface area contributed by atoms with Crippen LogP contribution in [0.15, 0.2) is 65.8 Å². The number of thioether (sulfide) groups is 1. The molecule has 4 heterocycles. The van der Waals surface area contributed by atoms with Gasteiger partial charge in [-0.3, -0.25) is 14.5 Å². The lowest BCUT2D eigenvalue weighted by atomic mass is 9.99. The van der Waals surface area contributed by atoms with Crippen molar-refractivity contribution in [2.75, 3.05) is 31.7 Å². The van der Waals surface area contributed by atoms with Crippen molar-refractivity contribution < 1.29 is 23.9 Å². The number of rotatable bonds is 8. The van der Waals surface area contributed by atoms with Gasteiger partial charge in [-0.05, 0) is 55.3 Å². The Morgan fingerprint density at radius 1 is 1.12 bits per heavy atom. The number of carbonyl (C=O) groups excluding carboxylic acids is 3. The molecule has 0 spiro atoms. The van der Waals surface area contributed by atoms with E-state index in [9.17, 15) is 14.4 Å². The second-order valence-corrected chi connectivity index (χ2v) is 11.4. The highest BCUT2D eigenvalue weighted by molar-refractivity contribution is 8.01. The molecular formula is C30H31N5O5S. The van der Waals surface area contributed by atoms with Crippen molar-refractivity contribution in [1.82, 2.24) is 20.5 Å². The summed E-state index contributed by atoms with van der Waals surface area (Å²) in [5, 5.41) is 6.33. The standard InChI is InChI=1S/C30H31N5O5S/c1-18-16-21(40-20-6-4-3-5-7-20)8-9-22(18)35-23-10-13-31-29-25(23)26(33-30(35)38)27(41-29)28(37)32-19-11-14-34(17-19)24(36)12-15-39-2/h3-10,13,16,19,26-27H,11-12,14-15,17H2,1-2H3,(H,32,37)(H,33,38)/t19?,26?,27-/m1/s1. The number of hydrogen-bond donors (Lipinski definition) is 2. The number of amides is 4. The molecule has 0 aliphatic carbocycles. The van der Waals surface area contributed by atoms with Crippen molar-refractivity contribution in [3.63, 3.8) is 0 Å². The molecule has 1 fully saturated rings. The van der Waals surface area contributed by atoms with E-state index in [1.165, 1.54) is 11.8 Å². The van der Waals surface area contributed by atoms with Crippen molar-refractivity contribution >= 4 is 41.0 Å². The van der Waals surface area contributed by atoms with Crippen LogP contribution in [0.4, 0.5) is 16.2 Å². The van der Waals surface area contributed by atoms with Crippen LogP contribution in [-0.4, -0.2) is 65.8 Å². The molecule has 6 rings (SSSR count). The number of carbonyl (C=O) groups is 3. The van der Waals surface area contributed by atoms with Gasteiger partial charge >= 0.3 is 6.03 Å². The van der Waals surface area contributed by atoms with Crippen molar-refractivity contribution in [3.05, 3.63) is 71.9 Å². The maximum absolute atomic E-state index is 13.6. The molecule has 1 aromatic heterocycles. The zero-order chi connectivity index (χ0) is 28.5. The van der Waals surface area contributed by atoms with E-state index < -0.39 is 11.3 Å². The van der Waals surface area contributed by atoms with Gasteiger partial charge in [-0.2, -0.15) is 0 Å². The highest BCUT2D eigenvalue weighted by Crippen LogP contribution is 2.51. The van der Waals surface area contributed by atoms with Crippen molar-refractivity contribution in [2.24, 2.45) is 0 Å². The summed E-state index contributed by atoms with van der Waals surface area (Å²) >= 11 is 1.36. The molecule has 10 nitrogen and oxygen atoms in total. The predicted octanol–water partition coefficient (Wildman–Crippen LogP) is 4.31. The first kappa shape index (κ1) is 27.1. The number of hydrogen-bond acceptors (Lipinski definition) is 7. The molecule has 4 amide bonds.